The summed E-state index contributed by atoms with van der Waals surface area (Å²) in [6.07, 6.45) is 0.573. The molecule has 190 valence electrons. The van der Waals surface area contributed by atoms with Crippen molar-refractivity contribution in [1.82, 2.24) is 4.98 Å². The van der Waals surface area contributed by atoms with E-state index in [0.29, 0.717) is 35.1 Å². The van der Waals surface area contributed by atoms with Gasteiger partial charge < -0.3 is 9.47 Å². The summed E-state index contributed by atoms with van der Waals surface area (Å²) in [7, 11) is -2.47. The van der Waals surface area contributed by atoms with Crippen LogP contribution in [0.2, 0.25) is 0 Å². The smallest absolute Gasteiger partial charge is 0.186 e. The van der Waals surface area contributed by atoms with E-state index in [-0.39, 0.29) is 11.0 Å². The number of aryl methyl sites for hydroxylation is 2. The van der Waals surface area contributed by atoms with Crippen molar-refractivity contribution in [2.24, 2.45) is 0 Å². The molecule has 0 bridgehead atoms. The number of nitrogens with zero attached hydrogens (tertiary/aromatic N) is 1. The van der Waals surface area contributed by atoms with Crippen molar-refractivity contribution in [2.75, 3.05) is 12.9 Å². The lowest BCUT2D eigenvalue weighted by atomic mass is 9.85. The summed E-state index contributed by atoms with van der Waals surface area (Å²) < 4.78 is 39.6. The van der Waals surface area contributed by atoms with Crippen LogP contribution in [0.4, 0.5) is 0 Å². The van der Waals surface area contributed by atoms with E-state index in [2.05, 4.69) is 4.98 Å². The van der Waals surface area contributed by atoms with Gasteiger partial charge in [-0.15, -0.1) is 0 Å². The van der Waals surface area contributed by atoms with Gasteiger partial charge in [-0.1, -0.05) is 48.0 Å². The molecule has 0 spiro atoms. The lowest BCUT2D eigenvalue weighted by Gasteiger charge is -2.30. The van der Waals surface area contributed by atoms with Crippen molar-refractivity contribution < 1.29 is 22.7 Å². The maximum atomic E-state index is 14.1. The highest BCUT2D eigenvalue weighted by atomic mass is 32.2. The summed E-state index contributed by atoms with van der Waals surface area (Å²) in [5, 5.41) is 0.498. The van der Waals surface area contributed by atoms with Gasteiger partial charge in [-0.2, -0.15) is 0 Å². The standard InChI is InChI=1S/C30H29NO5S/c1-20-12-15-27(35-3)24(18-20)30(17-16-26(36-30)22-8-5-4-6-9-22)29(32)19-37(33,34)28-11-7-10-25-23(28)14-13-21(2)31-25/h4-15,18,26H,16-17,19H2,1-3H3/t26-,30-/m1/s1. The molecule has 37 heavy (non-hydrogen) atoms. The van der Waals surface area contributed by atoms with Crippen LogP contribution in [0, 0.1) is 13.8 Å². The number of hydrogen-bond donors (Lipinski definition) is 0. The fourth-order valence-electron chi connectivity index (χ4n) is 5.16. The number of methoxy groups -OCH3 is 1. The minimum atomic E-state index is -4.00. The summed E-state index contributed by atoms with van der Waals surface area (Å²) >= 11 is 0. The highest BCUT2D eigenvalue weighted by molar-refractivity contribution is 7.92. The molecule has 0 radical (unpaired) electrons. The number of ether oxygens (including phenoxy) is 2. The summed E-state index contributed by atoms with van der Waals surface area (Å²) in [6, 6.07) is 23.7. The van der Waals surface area contributed by atoms with Gasteiger partial charge in [0.15, 0.2) is 21.2 Å². The number of fused-ring (bicyclic) bond motifs is 1. The number of rotatable bonds is 7. The molecular weight excluding hydrogens is 486 g/mol. The van der Waals surface area contributed by atoms with Crippen molar-refractivity contribution in [3.8, 4) is 5.75 Å². The Kier molecular flexibility index (Phi) is 6.60. The number of carbonyl (C=O) groups excluding carboxylic acids is 1. The van der Waals surface area contributed by atoms with Gasteiger partial charge in [-0.3, -0.25) is 9.78 Å². The minimum absolute atomic E-state index is 0.0924. The quantitative estimate of drug-likeness (QED) is 0.316. The SMILES string of the molecule is COc1ccc(C)cc1[C@@]1(C(=O)CS(=O)(=O)c2cccc3nc(C)ccc23)CC[C@H](c2ccccc2)O1. The van der Waals surface area contributed by atoms with E-state index in [4.69, 9.17) is 9.47 Å². The third kappa shape index (κ3) is 4.65. The predicted octanol–water partition coefficient (Wildman–Crippen LogP) is 5.65. The highest BCUT2D eigenvalue weighted by Crippen LogP contribution is 2.49. The molecule has 0 N–H and O–H groups in total. The first-order chi connectivity index (χ1) is 17.7. The van der Waals surface area contributed by atoms with Gasteiger partial charge in [0.1, 0.15) is 11.5 Å². The number of aromatic nitrogens is 1. The molecule has 1 aliphatic heterocycles. The van der Waals surface area contributed by atoms with Crippen LogP contribution >= 0.6 is 0 Å². The Morgan fingerprint density at radius 3 is 2.57 bits per heavy atom. The van der Waals surface area contributed by atoms with Crippen LogP contribution in [-0.4, -0.2) is 32.0 Å². The molecule has 1 saturated heterocycles. The van der Waals surface area contributed by atoms with Crippen LogP contribution in [-0.2, 0) is 25.0 Å². The van der Waals surface area contributed by atoms with Crippen LogP contribution in [0.25, 0.3) is 10.9 Å². The lowest BCUT2D eigenvalue weighted by molar-refractivity contribution is -0.142. The molecule has 7 heteroatoms. The van der Waals surface area contributed by atoms with E-state index in [1.807, 2.05) is 56.3 Å². The molecule has 1 fully saturated rings. The molecule has 0 saturated carbocycles. The lowest BCUT2D eigenvalue weighted by Crippen LogP contribution is -2.40. The fraction of sp³-hybridized carbons (Fsp3) is 0.267. The zero-order valence-corrected chi connectivity index (χ0v) is 21.9. The summed E-state index contributed by atoms with van der Waals surface area (Å²) in [5.41, 5.74) is 2.34. The number of hydrogen-bond acceptors (Lipinski definition) is 6. The van der Waals surface area contributed by atoms with Crippen molar-refractivity contribution >= 4 is 26.5 Å². The number of ketones is 1. The normalized spacial score (nSPS) is 19.7. The zero-order chi connectivity index (χ0) is 26.2. The average Bonchev–Trinajstić information content (AvgIpc) is 3.35. The van der Waals surface area contributed by atoms with Crippen molar-refractivity contribution in [1.29, 1.82) is 0 Å². The van der Waals surface area contributed by atoms with Gasteiger partial charge in [-0.25, -0.2) is 8.42 Å². The second-order valence-corrected chi connectivity index (χ2v) is 11.5. The van der Waals surface area contributed by atoms with Crippen molar-refractivity contribution in [2.45, 2.75) is 43.3 Å². The summed E-state index contributed by atoms with van der Waals surface area (Å²) in [4.78, 5) is 18.7. The Bertz CT molecular complexity index is 1580. The van der Waals surface area contributed by atoms with Gasteiger partial charge in [0, 0.05) is 16.6 Å². The first-order valence-corrected chi connectivity index (χ1v) is 13.9. The molecule has 4 aromatic rings. The maximum absolute atomic E-state index is 14.1. The van der Waals surface area contributed by atoms with Gasteiger partial charge in [-0.05, 0) is 68.7 Å². The first kappa shape index (κ1) is 25.1. The molecule has 6 nitrogen and oxygen atoms in total. The molecule has 1 aliphatic rings. The molecule has 0 unspecified atom stereocenters. The molecule has 1 aromatic heterocycles. The average molecular weight is 516 g/mol. The third-order valence-corrected chi connectivity index (χ3v) is 8.67. The predicted molar refractivity (Wildman–Crippen MR) is 142 cm³/mol. The van der Waals surface area contributed by atoms with E-state index in [1.54, 1.807) is 30.3 Å². The van der Waals surface area contributed by atoms with E-state index in [9.17, 15) is 13.2 Å². The minimum Gasteiger partial charge on any atom is -0.496 e. The largest absolute Gasteiger partial charge is 0.496 e. The Morgan fingerprint density at radius 2 is 1.81 bits per heavy atom. The van der Waals surface area contributed by atoms with Gasteiger partial charge in [0.05, 0.1) is 23.6 Å². The van der Waals surface area contributed by atoms with Gasteiger partial charge in [0.2, 0.25) is 0 Å². The molecule has 0 amide bonds. The Balaban J connectivity index is 1.58. The molecule has 5 rings (SSSR count). The molecule has 0 aliphatic carbocycles. The molecular formula is C30H29NO5S. The van der Waals surface area contributed by atoms with Crippen LogP contribution in [0.5, 0.6) is 5.75 Å². The second kappa shape index (κ2) is 9.72. The molecule has 2 atom stereocenters. The number of sulfone groups is 1. The van der Waals surface area contributed by atoms with E-state index in [0.717, 1.165) is 16.8 Å². The Labute approximate surface area is 217 Å². The first-order valence-electron chi connectivity index (χ1n) is 12.2. The Morgan fingerprint density at radius 1 is 1.03 bits per heavy atom. The summed E-state index contributed by atoms with van der Waals surface area (Å²) in [6.45, 7) is 3.77. The van der Waals surface area contributed by atoms with Crippen molar-refractivity contribution in [3.05, 3.63) is 101 Å². The third-order valence-electron chi connectivity index (χ3n) is 7.00. The van der Waals surface area contributed by atoms with E-state index < -0.39 is 27.0 Å². The summed E-state index contributed by atoms with van der Waals surface area (Å²) in [5.74, 6) is -0.708. The second-order valence-electron chi connectivity index (χ2n) is 9.54. The van der Waals surface area contributed by atoms with Crippen LogP contribution in [0.15, 0.2) is 83.8 Å². The van der Waals surface area contributed by atoms with Crippen LogP contribution in [0.3, 0.4) is 0 Å². The van der Waals surface area contributed by atoms with E-state index in [1.165, 1.54) is 13.2 Å². The number of carbonyl (C=O) groups is 1. The topological polar surface area (TPSA) is 82.6 Å². The molecule has 3 aromatic carbocycles. The Hall–Kier alpha value is -3.55. The monoisotopic (exact) mass is 515 g/mol. The van der Waals surface area contributed by atoms with E-state index >= 15 is 0 Å². The fourth-order valence-corrected chi connectivity index (χ4v) is 6.68. The van der Waals surface area contributed by atoms with Crippen LogP contribution in [0.1, 0.15) is 41.3 Å². The highest BCUT2D eigenvalue weighted by Gasteiger charge is 2.50. The molecule has 2 heterocycles. The van der Waals surface area contributed by atoms with Crippen molar-refractivity contribution in [3.63, 3.8) is 0 Å². The van der Waals surface area contributed by atoms with Crippen LogP contribution < -0.4 is 4.74 Å². The number of benzene rings is 3. The van der Waals surface area contributed by atoms with Gasteiger partial charge >= 0.3 is 0 Å². The zero-order valence-electron chi connectivity index (χ0n) is 21.1. The number of pyridine rings is 1. The van der Waals surface area contributed by atoms with Gasteiger partial charge in [0.25, 0.3) is 0 Å². The maximum Gasteiger partial charge on any atom is 0.186 e. The number of Topliss-reactive ketones (excluding diaryl/α,β-unsaturated/α-hetero) is 1.